The highest BCUT2D eigenvalue weighted by Crippen LogP contribution is 2.40. The first-order chi connectivity index (χ1) is 19.5. The number of fused-ring (bicyclic) bond motifs is 1. The molecule has 0 amide bonds. The standard InChI is InChI=1S/C32H26F8O/c1-2-3-17-4-6-18(7-5-17)19-8-10-20(11-9-19)23-12-13-24(29(36)28(23)35)32(39,40)41-22-14-21-15-26(34)30(37)31(38)27(21)25(33)16-22/h8-18H,2-7H2,1H3. The molecular formula is C32H26F8O. The molecule has 0 aromatic heterocycles. The average Bonchev–Trinajstić information content (AvgIpc) is 2.93. The van der Waals surface area contributed by atoms with Crippen LogP contribution in [-0.4, -0.2) is 0 Å². The lowest BCUT2D eigenvalue weighted by atomic mass is 9.77. The number of halogens is 8. The van der Waals surface area contributed by atoms with Gasteiger partial charge in [-0.05, 0) is 72.2 Å². The van der Waals surface area contributed by atoms with Crippen molar-refractivity contribution in [2.75, 3.05) is 0 Å². The van der Waals surface area contributed by atoms with Gasteiger partial charge in [0.1, 0.15) is 17.1 Å². The van der Waals surface area contributed by atoms with E-state index in [0.29, 0.717) is 35.7 Å². The Morgan fingerprint density at radius 2 is 1.41 bits per heavy atom. The molecule has 0 saturated heterocycles. The molecule has 1 fully saturated rings. The van der Waals surface area contributed by atoms with Crippen molar-refractivity contribution in [1.29, 1.82) is 0 Å². The van der Waals surface area contributed by atoms with Crippen LogP contribution in [0.5, 0.6) is 5.75 Å². The Kier molecular flexibility index (Phi) is 7.99. The van der Waals surface area contributed by atoms with Crippen LogP contribution >= 0.6 is 0 Å². The molecule has 216 valence electrons. The predicted molar refractivity (Wildman–Crippen MR) is 140 cm³/mol. The van der Waals surface area contributed by atoms with Crippen molar-refractivity contribution in [3.63, 3.8) is 0 Å². The smallest absolute Gasteiger partial charge is 0.429 e. The summed E-state index contributed by atoms with van der Waals surface area (Å²) in [5, 5.41) is -1.58. The molecule has 5 rings (SSSR count). The topological polar surface area (TPSA) is 9.23 Å². The summed E-state index contributed by atoms with van der Waals surface area (Å²) >= 11 is 0. The van der Waals surface area contributed by atoms with Crippen LogP contribution in [0.4, 0.5) is 35.1 Å². The summed E-state index contributed by atoms with van der Waals surface area (Å²) in [6.45, 7) is 2.18. The normalized spacial score (nSPS) is 17.7. The summed E-state index contributed by atoms with van der Waals surface area (Å²) in [4.78, 5) is 0. The second-order valence-corrected chi connectivity index (χ2v) is 10.5. The SMILES string of the molecule is CCCC1CCC(c2ccc(-c3ccc(C(F)(F)Oc4cc(F)c5c(F)c(F)c(F)cc5c4)c(F)c3F)cc2)CC1. The molecule has 0 aliphatic heterocycles. The van der Waals surface area contributed by atoms with E-state index in [1.165, 1.54) is 6.42 Å². The van der Waals surface area contributed by atoms with E-state index in [2.05, 4.69) is 11.7 Å². The lowest BCUT2D eigenvalue weighted by Gasteiger charge is -2.28. The van der Waals surface area contributed by atoms with Crippen LogP contribution in [0.1, 0.15) is 62.5 Å². The van der Waals surface area contributed by atoms with E-state index in [-0.39, 0.29) is 5.56 Å². The van der Waals surface area contributed by atoms with Gasteiger partial charge >= 0.3 is 6.11 Å². The molecule has 1 aliphatic rings. The minimum atomic E-state index is -4.50. The maximum atomic E-state index is 15.0. The number of hydrogen-bond acceptors (Lipinski definition) is 1. The Labute approximate surface area is 231 Å². The van der Waals surface area contributed by atoms with Crippen molar-refractivity contribution in [1.82, 2.24) is 0 Å². The third-order valence-corrected chi connectivity index (χ3v) is 7.88. The van der Waals surface area contributed by atoms with Crippen LogP contribution < -0.4 is 4.74 Å². The summed E-state index contributed by atoms with van der Waals surface area (Å²) in [5.74, 6) is -10.2. The lowest BCUT2D eigenvalue weighted by molar-refractivity contribution is -0.187. The monoisotopic (exact) mass is 578 g/mol. The van der Waals surface area contributed by atoms with Crippen LogP contribution in [0.3, 0.4) is 0 Å². The molecule has 1 aliphatic carbocycles. The Hall–Kier alpha value is -3.62. The van der Waals surface area contributed by atoms with Gasteiger partial charge in [0.2, 0.25) is 0 Å². The molecule has 9 heteroatoms. The van der Waals surface area contributed by atoms with E-state index in [4.69, 9.17) is 0 Å². The largest absolute Gasteiger partial charge is 0.429 e. The molecule has 0 unspecified atom stereocenters. The Balaban J connectivity index is 1.37. The molecule has 0 N–H and O–H groups in total. The van der Waals surface area contributed by atoms with Gasteiger partial charge in [-0.25, -0.2) is 26.3 Å². The molecule has 0 heterocycles. The minimum absolute atomic E-state index is 0.231. The van der Waals surface area contributed by atoms with Gasteiger partial charge in [0.05, 0.1) is 5.39 Å². The first-order valence-electron chi connectivity index (χ1n) is 13.4. The molecule has 1 saturated carbocycles. The van der Waals surface area contributed by atoms with Crippen LogP contribution in [0.15, 0.2) is 54.6 Å². The van der Waals surface area contributed by atoms with E-state index in [0.717, 1.165) is 49.7 Å². The third-order valence-electron chi connectivity index (χ3n) is 7.88. The Bertz CT molecular complexity index is 1570. The van der Waals surface area contributed by atoms with Gasteiger partial charge in [0, 0.05) is 11.6 Å². The van der Waals surface area contributed by atoms with E-state index in [1.54, 1.807) is 12.1 Å². The van der Waals surface area contributed by atoms with E-state index >= 15 is 4.39 Å². The second-order valence-electron chi connectivity index (χ2n) is 10.5. The Morgan fingerprint density at radius 1 is 0.732 bits per heavy atom. The summed E-state index contributed by atoms with van der Waals surface area (Å²) in [5.41, 5.74) is -0.305. The first-order valence-corrected chi connectivity index (χ1v) is 13.4. The van der Waals surface area contributed by atoms with Gasteiger partial charge in [-0.1, -0.05) is 50.1 Å². The van der Waals surface area contributed by atoms with Crippen molar-refractivity contribution in [3.05, 3.63) is 101 Å². The van der Waals surface area contributed by atoms with Gasteiger partial charge < -0.3 is 4.74 Å². The molecule has 0 atom stereocenters. The zero-order valence-electron chi connectivity index (χ0n) is 22.0. The van der Waals surface area contributed by atoms with Gasteiger partial charge in [-0.3, -0.25) is 0 Å². The van der Waals surface area contributed by atoms with Gasteiger partial charge in [-0.2, -0.15) is 8.78 Å². The maximum absolute atomic E-state index is 15.0. The number of alkyl halides is 2. The zero-order chi connectivity index (χ0) is 29.5. The quantitative estimate of drug-likeness (QED) is 0.157. The third kappa shape index (κ3) is 5.63. The highest BCUT2D eigenvalue weighted by molar-refractivity contribution is 5.85. The average molecular weight is 579 g/mol. The molecule has 0 bridgehead atoms. The Morgan fingerprint density at radius 3 is 2.07 bits per heavy atom. The molecule has 4 aromatic rings. The van der Waals surface area contributed by atoms with Crippen molar-refractivity contribution in [2.24, 2.45) is 5.92 Å². The van der Waals surface area contributed by atoms with Crippen LogP contribution in [0, 0.1) is 40.8 Å². The maximum Gasteiger partial charge on any atom is 0.429 e. The highest BCUT2D eigenvalue weighted by atomic mass is 19.3. The van der Waals surface area contributed by atoms with E-state index in [1.807, 2.05) is 12.1 Å². The summed E-state index contributed by atoms with van der Waals surface area (Å²) in [6, 6.07) is 9.93. The molecular weight excluding hydrogens is 552 g/mol. The van der Waals surface area contributed by atoms with Crippen molar-refractivity contribution in [3.8, 4) is 16.9 Å². The molecule has 1 nitrogen and oxygen atoms in total. The predicted octanol–water partition coefficient (Wildman–Crippen LogP) is 10.5. The number of hydrogen-bond donors (Lipinski definition) is 0. The van der Waals surface area contributed by atoms with E-state index < -0.39 is 63.1 Å². The number of benzene rings is 4. The molecule has 0 spiro atoms. The molecule has 41 heavy (non-hydrogen) atoms. The van der Waals surface area contributed by atoms with Crippen molar-refractivity contribution < 1.29 is 39.9 Å². The molecule has 4 aromatic carbocycles. The van der Waals surface area contributed by atoms with E-state index in [9.17, 15) is 30.7 Å². The summed E-state index contributed by atoms with van der Waals surface area (Å²) < 4.78 is 120. The summed E-state index contributed by atoms with van der Waals surface area (Å²) in [7, 11) is 0. The number of ether oxygens (including phenoxy) is 1. The fourth-order valence-corrected chi connectivity index (χ4v) is 5.75. The second kappa shape index (κ2) is 11.3. The minimum Gasteiger partial charge on any atom is -0.429 e. The highest BCUT2D eigenvalue weighted by Gasteiger charge is 2.40. The fourth-order valence-electron chi connectivity index (χ4n) is 5.75. The van der Waals surface area contributed by atoms with Crippen LogP contribution in [0.25, 0.3) is 21.9 Å². The summed E-state index contributed by atoms with van der Waals surface area (Å²) in [6.07, 6.45) is 2.29. The first kappa shape index (κ1) is 28.9. The van der Waals surface area contributed by atoms with Crippen molar-refractivity contribution in [2.45, 2.75) is 57.5 Å². The zero-order valence-corrected chi connectivity index (χ0v) is 22.0. The van der Waals surface area contributed by atoms with Gasteiger partial charge in [-0.15, -0.1) is 0 Å². The lowest BCUT2D eigenvalue weighted by Crippen LogP contribution is -2.24. The van der Waals surface area contributed by atoms with Crippen molar-refractivity contribution >= 4 is 10.8 Å². The van der Waals surface area contributed by atoms with Gasteiger partial charge in [0.15, 0.2) is 29.1 Å². The van der Waals surface area contributed by atoms with Gasteiger partial charge in [0.25, 0.3) is 0 Å². The van der Waals surface area contributed by atoms with Crippen LogP contribution in [-0.2, 0) is 6.11 Å². The van der Waals surface area contributed by atoms with Crippen LogP contribution in [0.2, 0.25) is 0 Å². The molecule has 0 radical (unpaired) electrons. The number of rotatable bonds is 7. The fraction of sp³-hybridized carbons (Fsp3) is 0.312.